The van der Waals surface area contributed by atoms with Crippen LogP contribution in [0.5, 0.6) is 11.5 Å². The van der Waals surface area contributed by atoms with Crippen molar-refractivity contribution < 1.29 is 17.9 Å². The predicted molar refractivity (Wildman–Crippen MR) is 77.8 cm³/mol. The minimum atomic E-state index is -3.54. The number of sulfonamides is 1. The quantitative estimate of drug-likeness (QED) is 0.744. The summed E-state index contributed by atoms with van der Waals surface area (Å²) in [6, 6.07) is 4.51. The Bertz CT molecular complexity index is 531. The molecule has 0 aliphatic rings. The van der Waals surface area contributed by atoms with E-state index >= 15 is 0 Å². The fourth-order valence-electron chi connectivity index (χ4n) is 1.74. The molecule has 0 saturated carbocycles. The highest BCUT2D eigenvalue weighted by Crippen LogP contribution is 2.29. The van der Waals surface area contributed by atoms with E-state index in [1.807, 2.05) is 14.0 Å². The minimum Gasteiger partial charge on any atom is -0.493 e. The van der Waals surface area contributed by atoms with Gasteiger partial charge in [-0.3, -0.25) is 0 Å². The van der Waals surface area contributed by atoms with Gasteiger partial charge in [0.05, 0.1) is 19.1 Å². The van der Waals surface area contributed by atoms with Crippen LogP contribution >= 0.6 is 0 Å². The van der Waals surface area contributed by atoms with E-state index in [9.17, 15) is 8.42 Å². The predicted octanol–water partition coefficient (Wildman–Crippen LogP) is 0.838. The normalized spacial score (nSPS) is 13.0. The number of hydrogen-bond donors (Lipinski definition) is 2. The number of ether oxygens (including phenoxy) is 2. The largest absolute Gasteiger partial charge is 0.493 e. The molecule has 20 heavy (non-hydrogen) atoms. The Morgan fingerprint density at radius 1 is 1.15 bits per heavy atom. The van der Waals surface area contributed by atoms with E-state index in [2.05, 4.69) is 10.0 Å². The average molecular weight is 302 g/mol. The van der Waals surface area contributed by atoms with Gasteiger partial charge in [-0.05, 0) is 31.6 Å². The van der Waals surface area contributed by atoms with Gasteiger partial charge in [-0.2, -0.15) is 0 Å². The van der Waals surface area contributed by atoms with Gasteiger partial charge in [-0.1, -0.05) is 6.92 Å². The van der Waals surface area contributed by atoms with E-state index in [4.69, 9.17) is 9.47 Å². The Hall–Kier alpha value is -1.31. The summed E-state index contributed by atoms with van der Waals surface area (Å²) in [5.41, 5.74) is 0. The second-order valence-corrected chi connectivity index (χ2v) is 6.30. The molecule has 2 N–H and O–H groups in total. The highest BCUT2D eigenvalue weighted by atomic mass is 32.2. The first-order valence-corrected chi connectivity index (χ1v) is 7.79. The van der Waals surface area contributed by atoms with Crippen molar-refractivity contribution >= 4 is 10.0 Å². The molecule has 0 saturated heterocycles. The molecule has 0 radical (unpaired) electrons. The van der Waals surface area contributed by atoms with E-state index < -0.39 is 10.0 Å². The third-order valence-corrected chi connectivity index (χ3v) is 4.26. The molecule has 0 amide bonds. The monoisotopic (exact) mass is 302 g/mol. The molecular weight excluding hydrogens is 280 g/mol. The van der Waals surface area contributed by atoms with E-state index in [1.54, 1.807) is 6.07 Å². The lowest BCUT2D eigenvalue weighted by molar-refractivity contribution is 0.354. The van der Waals surface area contributed by atoms with Gasteiger partial charge in [0.25, 0.3) is 0 Å². The lowest BCUT2D eigenvalue weighted by Crippen LogP contribution is -2.32. The number of hydrogen-bond acceptors (Lipinski definition) is 5. The summed E-state index contributed by atoms with van der Waals surface area (Å²) in [4.78, 5) is 0.159. The molecule has 0 fully saturated rings. The summed E-state index contributed by atoms with van der Waals surface area (Å²) in [7, 11) is 1.26. The van der Waals surface area contributed by atoms with Crippen molar-refractivity contribution in [2.45, 2.75) is 11.8 Å². The SMILES string of the molecule is CNCC(C)CNS(=O)(=O)c1ccc(OC)c(OC)c1. The summed E-state index contributed by atoms with van der Waals surface area (Å²) < 4.78 is 37.1. The summed E-state index contributed by atoms with van der Waals surface area (Å²) in [5, 5.41) is 3.01. The van der Waals surface area contributed by atoms with E-state index in [0.717, 1.165) is 6.54 Å². The molecule has 6 nitrogen and oxygen atoms in total. The van der Waals surface area contributed by atoms with Gasteiger partial charge in [0.2, 0.25) is 10.0 Å². The van der Waals surface area contributed by atoms with Gasteiger partial charge >= 0.3 is 0 Å². The number of rotatable bonds is 8. The number of benzene rings is 1. The van der Waals surface area contributed by atoms with Crippen LogP contribution in [0, 0.1) is 5.92 Å². The van der Waals surface area contributed by atoms with Gasteiger partial charge < -0.3 is 14.8 Å². The van der Waals surface area contributed by atoms with Crippen LogP contribution in [0.15, 0.2) is 23.1 Å². The molecule has 0 aromatic heterocycles. The van der Waals surface area contributed by atoms with Crippen LogP contribution in [0.3, 0.4) is 0 Å². The summed E-state index contributed by atoms with van der Waals surface area (Å²) >= 11 is 0. The zero-order valence-corrected chi connectivity index (χ0v) is 13.1. The molecule has 7 heteroatoms. The van der Waals surface area contributed by atoms with Crippen molar-refractivity contribution in [3.63, 3.8) is 0 Å². The number of nitrogens with one attached hydrogen (secondary N) is 2. The van der Waals surface area contributed by atoms with Crippen LogP contribution < -0.4 is 19.5 Å². The standard InChI is InChI=1S/C13H22N2O4S/c1-10(8-14-2)9-15-20(16,17)11-5-6-12(18-3)13(7-11)19-4/h5-7,10,14-15H,8-9H2,1-4H3. The van der Waals surface area contributed by atoms with E-state index in [0.29, 0.717) is 18.0 Å². The van der Waals surface area contributed by atoms with Crippen molar-refractivity contribution in [2.24, 2.45) is 5.92 Å². The van der Waals surface area contributed by atoms with Gasteiger partial charge in [0.1, 0.15) is 0 Å². The molecule has 0 heterocycles. The van der Waals surface area contributed by atoms with E-state index in [1.165, 1.54) is 26.4 Å². The topological polar surface area (TPSA) is 76.7 Å². The first kappa shape index (κ1) is 16.7. The Morgan fingerprint density at radius 2 is 1.80 bits per heavy atom. The Balaban J connectivity index is 2.87. The first-order valence-electron chi connectivity index (χ1n) is 6.31. The fourth-order valence-corrected chi connectivity index (χ4v) is 2.92. The molecule has 1 rings (SSSR count). The maximum atomic E-state index is 12.2. The lowest BCUT2D eigenvalue weighted by Gasteiger charge is -2.14. The second-order valence-electron chi connectivity index (χ2n) is 4.53. The molecular formula is C13H22N2O4S. The van der Waals surface area contributed by atoms with Gasteiger partial charge in [-0.25, -0.2) is 13.1 Å². The van der Waals surface area contributed by atoms with Gasteiger partial charge in [-0.15, -0.1) is 0 Å². The minimum absolute atomic E-state index is 0.159. The summed E-state index contributed by atoms with van der Waals surface area (Å²) in [6.45, 7) is 3.08. The van der Waals surface area contributed by atoms with Crippen LogP contribution in [0.25, 0.3) is 0 Å². The van der Waals surface area contributed by atoms with Crippen molar-refractivity contribution in [3.8, 4) is 11.5 Å². The maximum Gasteiger partial charge on any atom is 0.240 e. The smallest absolute Gasteiger partial charge is 0.240 e. The van der Waals surface area contributed by atoms with Crippen LogP contribution in [0.2, 0.25) is 0 Å². The third-order valence-electron chi connectivity index (χ3n) is 2.84. The molecule has 1 atom stereocenters. The molecule has 0 bridgehead atoms. The zero-order valence-electron chi connectivity index (χ0n) is 12.3. The van der Waals surface area contributed by atoms with Gasteiger partial charge in [0.15, 0.2) is 11.5 Å². The Morgan fingerprint density at radius 3 is 2.35 bits per heavy atom. The Kier molecular flexibility index (Phi) is 6.25. The highest BCUT2D eigenvalue weighted by molar-refractivity contribution is 7.89. The number of methoxy groups -OCH3 is 2. The van der Waals surface area contributed by atoms with Crippen LogP contribution in [0.4, 0.5) is 0 Å². The van der Waals surface area contributed by atoms with Crippen LogP contribution in [-0.2, 0) is 10.0 Å². The highest BCUT2D eigenvalue weighted by Gasteiger charge is 2.17. The van der Waals surface area contributed by atoms with Crippen LogP contribution in [-0.4, -0.2) is 42.8 Å². The summed E-state index contributed by atoms with van der Waals surface area (Å²) in [6.07, 6.45) is 0. The second kappa shape index (κ2) is 7.47. The zero-order chi connectivity index (χ0) is 15.2. The molecule has 1 aromatic rings. The van der Waals surface area contributed by atoms with Crippen molar-refractivity contribution in [3.05, 3.63) is 18.2 Å². The van der Waals surface area contributed by atoms with Gasteiger partial charge in [0, 0.05) is 12.6 Å². The maximum absolute atomic E-state index is 12.2. The van der Waals surface area contributed by atoms with Crippen molar-refractivity contribution in [1.29, 1.82) is 0 Å². The summed E-state index contributed by atoms with van der Waals surface area (Å²) in [5.74, 6) is 1.09. The molecule has 1 unspecified atom stereocenters. The molecule has 1 aromatic carbocycles. The molecule has 0 aliphatic carbocycles. The molecule has 0 spiro atoms. The molecule has 0 aliphatic heterocycles. The lowest BCUT2D eigenvalue weighted by atomic mass is 10.2. The fraction of sp³-hybridized carbons (Fsp3) is 0.538. The van der Waals surface area contributed by atoms with E-state index in [-0.39, 0.29) is 10.8 Å². The molecule has 114 valence electrons. The third kappa shape index (κ3) is 4.36. The van der Waals surface area contributed by atoms with Crippen LogP contribution in [0.1, 0.15) is 6.92 Å². The van der Waals surface area contributed by atoms with Crippen molar-refractivity contribution in [1.82, 2.24) is 10.0 Å². The Labute approximate surface area is 120 Å². The van der Waals surface area contributed by atoms with Crippen molar-refractivity contribution in [2.75, 3.05) is 34.4 Å². The first-order chi connectivity index (χ1) is 9.44. The average Bonchev–Trinajstić information content (AvgIpc) is 2.44.